The van der Waals surface area contributed by atoms with Gasteiger partial charge in [0.2, 0.25) is 0 Å². The molecule has 0 atom stereocenters. The van der Waals surface area contributed by atoms with Gasteiger partial charge in [-0.25, -0.2) is 4.39 Å². The van der Waals surface area contributed by atoms with Crippen LogP contribution in [-0.4, -0.2) is 29.0 Å². The van der Waals surface area contributed by atoms with Crippen molar-refractivity contribution in [1.82, 2.24) is 4.90 Å². The van der Waals surface area contributed by atoms with Gasteiger partial charge in [0.15, 0.2) is 0 Å². The van der Waals surface area contributed by atoms with Crippen LogP contribution in [0.25, 0.3) is 0 Å². The van der Waals surface area contributed by atoms with Gasteiger partial charge in [-0.15, -0.1) is 0 Å². The number of likely N-dealkylation sites (tertiary alicyclic amines) is 1. The summed E-state index contributed by atoms with van der Waals surface area (Å²) in [4.78, 5) is 13.3. The second kappa shape index (κ2) is 3.53. The van der Waals surface area contributed by atoms with E-state index in [0.29, 0.717) is 18.7 Å². The van der Waals surface area contributed by atoms with Gasteiger partial charge >= 0.3 is 0 Å². The normalized spacial score (nSPS) is 14.9. The van der Waals surface area contributed by atoms with Crippen LogP contribution < -0.4 is 0 Å². The van der Waals surface area contributed by atoms with Crippen LogP contribution in [0.3, 0.4) is 0 Å². The Morgan fingerprint density at radius 3 is 2.67 bits per heavy atom. The van der Waals surface area contributed by atoms with Crippen LogP contribution in [0.2, 0.25) is 0 Å². The Hall–Kier alpha value is -1.58. The number of carbonyl (C=O) groups excluding carboxylic acids is 1. The van der Waals surface area contributed by atoms with Crippen LogP contribution in [0.4, 0.5) is 4.39 Å². The number of amides is 1. The van der Waals surface area contributed by atoms with Crippen molar-refractivity contribution in [2.45, 2.75) is 13.3 Å². The molecular weight excluding hydrogens is 197 g/mol. The first-order chi connectivity index (χ1) is 7.09. The van der Waals surface area contributed by atoms with Gasteiger partial charge in [-0.2, -0.15) is 0 Å². The average Bonchev–Trinajstić information content (AvgIpc) is 2.08. The molecule has 1 heterocycles. The molecule has 3 nitrogen and oxygen atoms in total. The highest BCUT2D eigenvalue weighted by Crippen LogP contribution is 2.23. The van der Waals surface area contributed by atoms with E-state index in [9.17, 15) is 14.3 Å². The van der Waals surface area contributed by atoms with E-state index in [0.717, 1.165) is 12.5 Å². The third kappa shape index (κ3) is 1.67. The molecule has 0 bridgehead atoms. The van der Waals surface area contributed by atoms with Gasteiger partial charge < -0.3 is 10.0 Å². The average molecular weight is 209 g/mol. The zero-order valence-electron chi connectivity index (χ0n) is 8.46. The maximum absolute atomic E-state index is 13.4. The van der Waals surface area contributed by atoms with Crippen LogP contribution in [0.5, 0.6) is 5.75 Å². The highest BCUT2D eigenvalue weighted by atomic mass is 19.1. The first-order valence-corrected chi connectivity index (χ1v) is 4.88. The van der Waals surface area contributed by atoms with Crippen LogP contribution in [0.15, 0.2) is 12.1 Å². The van der Waals surface area contributed by atoms with Crippen molar-refractivity contribution < 1.29 is 14.3 Å². The molecule has 2 rings (SSSR count). The predicted molar refractivity (Wildman–Crippen MR) is 53.3 cm³/mol. The van der Waals surface area contributed by atoms with E-state index in [-0.39, 0.29) is 17.2 Å². The summed E-state index contributed by atoms with van der Waals surface area (Å²) < 4.78 is 13.4. The molecule has 1 fully saturated rings. The fourth-order valence-corrected chi connectivity index (χ4v) is 1.52. The topological polar surface area (TPSA) is 40.5 Å². The first kappa shape index (κ1) is 9.96. The number of phenolic OH excluding ortho intramolecular Hbond substituents is 1. The molecule has 1 aliphatic rings. The van der Waals surface area contributed by atoms with Gasteiger partial charge in [0.25, 0.3) is 5.91 Å². The monoisotopic (exact) mass is 209 g/mol. The summed E-state index contributed by atoms with van der Waals surface area (Å²) in [7, 11) is 0. The molecule has 0 aliphatic carbocycles. The highest BCUT2D eigenvalue weighted by Gasteiger charge is 2.24. The largest absolute Gasteiger partial charge is 0.508 e. The number of rotatable bonds is 1. The van der Waals surface area contributed by atoms with Gasteiger partial charge in [0, 0.05) is 19.2 Å². The number of hydrogen-bond donors (Lipinski definition) is 1. The standard InChI is InChI=1S/C11H12FNO2/c1-7-5-8(9(12)6-10(7)14)11(15)13-3-2-4-13/h5-6,14H,2-4H2,1H3. The molecule has 15 heavy (non-hydrogen) atoms. The Morgan fingerprint density at radius 2 is 2.13 bits per heavy atom. The number of hydrogen-bond acceptors (Lipinski definition) is 2. The smallest absolute Gasteiger partial charge is 0.256 e. The van der Waals surface area contributed by atoms with Gasteiger partial charge in [-0.05, 0) is 25.0 Å². The van der Waals surface area contributed by atoms with Crippen molar-refractivity contribution >= 4 is 5.91 Å². The lowest BCUT2D eigenvalue weighted by Crippen LogP contribution is -2.42. The molecule has 1 aromatic rings. The number of carbonyl (C=O) groups is 1. The highest BCUT2D eigenvalue weighted by molar-refractivity contribution is 5.95. The van der Waals surface area contributed by atoms with E-state index in [1.54, 1.807) is 11.8 Å². The molecule has 0 unspecified atom stereocenters. The van der Waals surface area contributed by atoms with Gasteiger partial charge in [0.1, 0.15) is 11.6 Å². The van der Waals surface area contributed by atoms with E-state index < -0.39 is 5.82 Å². The molecule has 1 amide bonds. The minimum atomic E-state index is -0.657. The lowest BCUT2D eigenvalue weighted by atomic mass is 10.1. The summed E-state index contributed by atoms with van der Waals surface area (Å²) in [6.45, 7) is 3.03. The van der Waals surface area contributed by atoms with E-state index >= 15 is 0 Å². The lowest BCUT2D eigenvalue weighted by molar-refractivity contribution is 0.0647. The van der Waals surface area contributed by atoms with Crippen LogP contribution in [-0.2, 0) is 0 Å². The fraction of sp³-hybridized carbons (Fsp3) is 0.364. The third-order valence-corrected chi connectivity index (χ3v) is 2.66. The molecule has 1 saturated heterocycles. The number of halogens is 1. The van der Waals surface area contributed by atoms with E-state index in [4.69, 9.17) is 0 Å². The lowest BCUT2D eigenvalue weighted by Gasteiger charge is -2.31. The Kier molecular flexibility index (Phi) is 2.34. The van der Waals surface area contributed by atoms with Crippen LogP contribution >= 0.6 is 0 Å². The molecule has 80 valence electrons. The number of aromatic hydroxyl groups is 1. The predicted octanol–water partition coefficient (Wildman–Crippen LogP) is 1.69. The minimum Gasteiger partial charge on any atom is -0.508 e. The van der Waals surface area contributed by atoms with Crippen LogP contribution in [0, 0.1) is 12.7 Å². The summed E-state index contributed by atoms with van der Waals surface area (Å²) >= 11 is 0. The maximum atomic E-state index is 13.4. The number of phenols is 1. The van der Waals surface area contributed by atoms with Crippen molar-refractivity contribution in [2.24, 2.45) is 0 Å². The Balaban J connectivity index is 2.34. The molecule has 0 radical (unpaired) electrons. The van der Waals surface area contributed by atoms with Gasteiger partial charge in [-0.3, -0.25) is 4.79 Å². The zero-order valence-corrected chi connectivity index (χ0v) is 8.46. The molecule has 1 N–H and O–H groups in total. The number of nitrogens with zero attached hydrogens (tertiary/aromatic N) is 1. The number of aryl methyl sites for hydroxylation is 1. The third-order valence-electron chi connectivity index (χ3n) is 2.66. The van der Waals surface area contributed by atoms with E-state index in [1.807, 2.05) is 0 Å². The molecule has 1 aliphatic heterocycles. The minimum absolute atomic E-state index is 0.0463. The van der Waals surface area contributed by atoms with Gasteiger partial charge in [0.05, 0.1) is 5.56 Å². The van der Waals surface area contributed by atoms with Crippen molar-refractivity contribution in [3.8, 4) is 5.75 Å². The van der Waals surface area contributed by atoms with E-state index in [2.05, 4.69) is 0 Å². The van der Waals surface area contributed by atoms with Crippen LogP contribution in [0.1, 0.15) is 22.3 Å². The van der Waals surface area contributed by atoms with Crippen molar-refractivity contribution in [1.29, 1.82) is 0 Å². The van der Waals surface area contributed by atoms with Gasteiger partial charge in [-0.1, -0.05) is 0 Å². The SMILES string of the molecule is Cc1cc(C(=O)N2CCC2)c(F)cc1O. The Morgan fingerprint density at radius 1 is 1.47 bits per heavy atom. The molecule has 1 aromatic carbocycles. The number of benzene rings is 1. The quantitative estimate of drug-likeness (QED) is 0.764. The van der Waals surface area contributed by atoms with Crippen molar-refractivity contribution in [3.63, 3.8) is 0 Å². The summed E-state index contributed by atoms with van der Waals surface area (Å²) in [5.41, 5.74) is 0.560. The van der Waals surface area contributed by atoms with E-state index in [1.165, 1.54) is 6.07 Å². The second-order valence-corrected chi connectivity index (χ2v) is 3.76. The molecule has 4 heteroatoms. The molecule has 0 aromatic heterocycles. The molecule has 0 saturated carbocycles. The fourth-order valence-electron chi connectivity index (χ4n) is 1.52. The Labute approximate surface area is 87.1 Å². The summed E-state index contributed by atoms with van der Waals surface area (Å²) in [6.07, 6.45) is 0.977. The summed E-state index contributed by atoms with van der Waals surface area (Å²) in [5.74, 6) is -1.07. The molecular formula is C11H12FNO2. The summed E-state index contributed by atoms with van der Waals surface area (Å²) in [5, 5.41) is 9.25. The molecule has 0 spiro atoms. The van der Waals surface area contributed by atoms with Crippen molar-refractivity contribution in [2.75, 3.05) is 13.1 Å². The Bertz CT molecular complexity index is 413. The van der Waals surface area contributed by atoms with Crippen molar-refractivity contribution in [3.05, 3.63) is 29.1 Å². The summed E-state index contributed by atoms with van der Waals surface area (Å²) in [6, 6.07) is 2.38. The zero-order chi connectivity index (χ0) is 11.0. The second-order valence-electron chi connectivity index (χ2n) is 3.76. The first-order valence-electron chi connectivity index (χ1n) is 4.88. The maximum Gasteiger partial charge on any atom is 0.256 e.